The minimum absolute atomic E-state index is 0.119. The van der Waals surface area contributed by atoms with Gasteiger partial charge in [0.05, 0.1) is 0 Å². The number of halogens is 2. The van der Waals surface area contributed by atoms with E-state index in [2.05, 4.69) is 80.3 Å². The van der Waals surface area contributed by atoms with Crippen molar-refractivity contribution in [1.29, 1.82) is 0 Å². The molecule has 0 amide bonds. The molecule has 218 valence electrons. The molecule has 0 nitrogen and oxygen atoms in total. The van der Waals surface area contributed by atoms with Gasteiger partial charge in [0, 0.05) is 0 Å². The van der Waals surface area contributed by atoms with Crippen molar-refractivity contribution in [2.45, 2.75) is 46.5 Å². The van der Waals surface area contributed by atoms with Crippen molar-refractivity contribution >= 4 is 29.0 Å². The molecule has 6 rings (SSSR count). The summed E-state index contributed by atoms with van der Waals surface area (Å²) >= 11 is 0.536. The molecule has 0 bridgehead atoms. The summed E-state index contributed by atoms with van der Waals surface area (Å²) in [5, 5.41) is 0. The number of aryl methyl sites for hydroxylation is 3. The Bertz CT molecular complexity index is 1740. The van der Waals surface area contributed by atoms with Crippen molar-refractivity contribution in [3.8, 4) is 42.3 Å². The SMILES string of the molecule is CCCc1ccc(-c2ccc(-c3ccc(C)[se]3)c(F)c2)cc1.CCCc1ccc(-c2ccc(-c3ccc[se]3)c(F)c2)cc1. The van der Waals surface area contributed by atoms with Crippen molar-refractivity contribution < 1.29 is 8.78 Å². The zero-order chi connectivity index (χ0) is 30.2. The zero-order valence-corrected chi connectivity index (χ0v) is 28.3. The molecule has 0 fully saturated rings. The number of hydrogen-bond donors (Lipinski definition) is 0. The average Bonchev–Trinajstić information content (AvgIpc) is 3.71. The monoisotopic (exact) mass is 702 g/mol. The van der Waals surface area contributed by atoms with Crippen molar-refractivity contribution in [1.82, 2.24) is 0 Å². The minimum atomic E-state index is -0.123. The van der Waals surface area contributed by atoms with Crippen LogP contribution in [0.5, 0.6) is 0 Å². The fourth-order valence-electron chi connectivity index (χ4n) is 5.11. The van der Waals surface area contributed by atoms with Gasteiger partial charge in [-0.3, -0.25) is 0 Å². The molecule has 0 atom stereocenters. The van der Waals surface area contributed by atoms with Gasteiger partial charge in [0.25, 0.3) is 0 Å². The predicted molar refractivity (Wildman–Crippen MR) is 181 cm³/mol. The Balaban J connectivity index is 0.000000171. The third-order valence-electron chi connectivity index (χ3n) is 7.38. The van der Waals surface area contributed by atoms with E-state index in [0.29, 0.717) is 0 Å². The van der Waals surface area contributed by atoms with E-state index in [1.54, 1.807) is 12.1 Å². The summed E-state index contributed by atoms with van der Waals surface area (Å²) in [5.74, 6) is -0.242. The van der Waals surface area contributed by atoms with Crippen LogP contribution in [0.2, 0.25) is 0 Å². The fraction of sp³-hybridized carbons (Fsp3) is 0.179. The number of benzene rings is 4. The first-order valence-corrected chi connectivity index (χ1v) is 18.4. The second-order valence-electron chi connectivity index (χ2n) is 10.7. The van der Waals surface area contributed by atoms with Crippen LogP contribution in [0.3, 0.4) is 0 Å². The van der Waals surface area contributed by atoms with Crippen molar-refractivity contribution in [2.24, 2.45) is 0 Å². The van der Waals surface area contributed by atoms with Crippen LogP contribution in [-0.4, -0.2) is 29.0 Å². The molecule has 0 unspecified atom stereocenters. The Morgan fingerprint density at radius 1 is 0.535 bits per heavy atom. The third kappa shape index (κ3) is 8.02. The molecule has 0 radical (unpaired) electrons. The van der Waals surface area contributed by atoms with E-state index in [-0.39, 0.29) is 40.6 Å². The predicted octanol–water partition coefficient (Wildman–Crippen LogP) is 10.6. The second kappa shape index (κ2) is 15.0. The quantitative estimate of drug-likeness (QED) is 0.139. The topological polar surface area (TPSA) is 0 Å². The summed E-state index contributed by atoms with van der Waals surface area (Å²) in [6, 6.07) is 36.2. The molecule has 0 aliphatic heterocycles. The average molecular weight is 701 g/mol. The molecule has 4 aromatic carbocycles. The fourth-order valence-corrected chi connectivity index (χ4v) is 8.56. The van der Waals surface area contributed by atoms with E-state index in [1.807, 2.05) is 42.5 Å². The van der Waals surface area contributed by atoms with Gasteiger partial charge in [-0.25, -0.2) is 0 Å². The molecular formula is C39H36F2Se2. The summed E-state index contributed by atoms with van der Waals surface area (Å²) < 4.78 is 32.4. The van der Waals surface area contributed by atoms with Crippen LogP contribution in [0.25, 0.3) is 42.3 Å². The van der Waals surface area contributed by atoms with Crippen molar-refractivity contribution in [3.05, 3.63) is 141 Å². The molecule has 0 aliphatic rings. The molecule has 43 heavy (non-hydrogen) atoms. The van der Waals surface area contributed by atoms with Gasteiger partial charge < -0.3 is 0 Å². The van der Waals surface area contributed by atoms with Crippen LogP contribution in [0.15, 0.2) is 114 Å². The van der Waals surface area contributed by atoms with Crippen LogP contribution in [-0.2, 0) is 12.8 Å². The van der Waals surface area contributed by atoms with Gasteiger partial charge in [0.1, 0.15) is 0 Å². The first-order chi connectivity index (χ1) is 20.9. The second-order valence-corrected chi connectivity index (χ2v) is 15.4. The summed E-state index contributed by atoms with van der Waals surface area (Å²) in [7, 11) is 0. The van der Waals surface area contributed by atoms with Crippen LogP contribution in [0, 0.1) is 18.6 Å². The van der Waals surface area contributed by atoms with Gasteiger partial charge >= 0.3 is 268 Å². The van der Waals surface area contributed by atoms with Gasteiger partial charge in [-0.1, -0.05) is 0 Å². The van der Waals surface area contributed by atoms with Crippen LogP contribution >= 0.6 is 0 Å². The molecule has 6 aromatic rings. The van der Waals surface area contributed by atoms with Crippen LogP contribution in [0.1, 0.15) is 42.3 Å². The van der Waals surface area contributed by atoms with Crippen molar-refractivity contribution in [2.75, 3.05) is 0 Å². The van der Waals surface area contributed by atoms with E-state index in [0.717, 1.165) is 67.9 Å². The molecule has 0 spiro atoms. The Morgan fingerprint density at radius 2 is 1.02 bits per heavy atom. The van der Waals surface area contributed by atoms with E-state index in [1.165, 1.54) is 15.6 Å². The summed E-state index contributed by atoms with van der Waals surface area (Å²) in [4.78, 5) is 2.11. The third-order valence-corrected chi connectivity index (χ3v) is 11.4. The zero-order valence-electron chi connectivity index (χ0n) is 24.9. The van der Waals surface area contributed by atoms with Gasteiger partial charge in [-0.15, -0.1) is 0 Å². The Morgan fingerprint density at radius 3 is 1.42 bits per heavy atom. The van der Waals surface area contributed by atoms with E-state index in [4.69, 9.17) is 0 Å². The number of rotatable bonds is 8. The summed E-state index contributed by atoms with van der Waals surface area (Å²) in [5.41, 5.74) is 8.20. The standard InChI is InChI=1S/C20H19FSe.C19H17FSe/c1-3-4-15-6-8-16(9-7-15)17-10-11-18(19(21)13-17)20-12-5-14(2)22-20;1-2-4-14-6-8-15(9-7-14)16-10-11-17(18(20)13-16)19-5-3-12-21-19/h5-13H,3-4H2,1-2H3;3,5-13H,2,4H2,1H3. The van der Waals surface area contributed by atoms with Crippen LogP contribution in [0.4, 0.5) is 8.78 Å². The molecule has 0 saturated carbocycles. The maximum absolute atomic E-state index is 14.5. The van der Waals surface area contributed by atoms with Gasteiger partial charge in [-0.2, -0.15) is 0 Å². The van der Waals surface area contributed by atoms with E-state index in [9.17, 15) is 8.78 Å². The Labute approximate surface area is 266 Å². The normalized spacial score (nSPS) is 10.8. The van der Waals surface area contributed by atoms with Crippen molar-refractivity contribution in [3.63, 3.8) is 0 Å². The molecule has 0 aliphatic carbocycles. The first kappa shape index (κ1) is 31.2. The molecule has 2 aromatic heterocycles. The van der Waals surface area contributed by atoms with Crippen LogP contribution < -0.4 is 0 Å². The molecule has 2 heterocycles. The van der Waals surface area contributed by atoms with E-state index < -0.39 is 0 Å². The van der Waals surface area contributed by atoms with E-state index >= 15 is 0 Å². The summed E-state index contributed by atoms with van der Waals surface area (Å²) in [6.07, 6.45) is 4.48. The van der Waals surface area contributed by atoms with Gasteiger partial charge in [0.15, 0.2) is 0 Å². The maximum atomic E-state index is 14.5. The van der Waals surface area contributed by atoms with Gasteiger partial charge in [-0.05, 0) is 0 Å². The number of hydrogen-bond acceptors (Lipinski definition) is 0. The first-order valence-electron chi connectivity index (χ1n) is 14.8. The Hall–Kier alpha value is -3.26. The van der Waals surface area contributed by atoms with Gasteiger partial charge in [0.2, 0.25) is 0 Å². The molecule has 0 saturated heterocycles. The summed E-state index contributed by atoms with van der Waals surface area (Å²) in [6.45, 7) is 6.46. The molecule has 0 N–H and O–H groups in total. The Kier molecular flexibility index (Phi) is 10.8. The molecule has 4 heteroatoms. The molecular weight excluding hydrogens is 664 g/mol.